The third-order valence-electron chi connectivity index (χ3n) is 3.83. The third-order valence-corrected chi connectivity index (χ3v) is 4.88. The second kappa shape index (κ2) is 8.78. The molecule has 0 saturated carbocycles. The number of aromatic amines is 1. The second-order valence-corrected chi connectivity index (χ2v) is 7.35. The van der Waals surface area contributed by atoms with Crippen LogP contribution in [0.25, 0.3) is 10.9 Å². The molecule has 1 aromatic carbocycles. The van der Waals surface area contributed by atoms with Crippen LogP contribution in [0.5, 0.6) is 0 Å². The standard InChI is InChI=1S/C13H12N2OS.C7H14/c1-8-12(17-13(16)15-8)7-9-3-2-4-11-10(9)5-6-14-11;1-4-5-6-7(2)3/h2-6,12,14H,1,7H2,(H,15,16);6H,4-5H2,1-3H3. The van der Waals surface area contributed by atoms with Crippen LogP contribution >= 0.6 is 11.8 Å². The molecule has 0 aliphatic carbocycles. The van der Waals surface area contributed by atoms with E-state index in [-0.39, 0.29) is 10.5 Å². The fourth-order valence-electron chi connectivity index (χ4n) is 2.57. The van der Waals surface area contributed by atoms with E-state index in [9.17, 15) is 4.79 Å². The monoisotopic (exact) mass is 342 g/mol. The van der Waals surface area contributed by atoms with Crippen molar-refractivity contribution in [3.8, 4) is 0 Å². The zero-order valence-electron chi connectivity index (χ0n) is 14.7. The Morgan fingerprint density at radius 3 is 2.71 bits per heavy atom. The summed E-state index contributed by atoms with van der Waals surface area (Å²) >= 11 is 1.32. The van der Waals surface area contributed by atoms with Gasteiger partial charge in [0.1, 0.15) is 0 Å². The predicted molar refractivity (Wildman–Crippen MR) is 105 cm³/mol. The number of thioether (sulfide) groups is 1. The van der Waals surface area contributed by atoms with Gasteiger partial charge in [0.2, 0.25) is 0 Å². The molecule has 0 spiro atoms. The van der Waals surface area contributed by atoms with Crippen LogP contribution in [0, 0.1) is 0 Å². The number of carbonyl (C=O) groups is 1. The van der Waals surface area contributed by atoms with Gasteiger partial charge in [-0.1, -0.05) is 55.5 Å². The van der Waals surface area contributed by atoms with E-state index in [4.69, 9.17) is 0 Å². The summed E-state index contributed by atoms with van der Waals surface area (Å²) in [4.78, 5) is 14.4. The van der Waals surface area contributed by atoms with Gasteiger partial charge in [-0.25, -0.2) is 0 Å². The molecule has 1 aliphatic heterocycles. The summed E-state index contributed by atoms with van der Waals surface area (Å²) in [6.45, 7) is 10.4. The van der Waals surface area contributed by atoms with Crippen LogP contribution in [0.2, 0.25) is 0 Å². The highest BCUT2D eigenvalue weighted by Crippen LogP contribution is 2.30. The van der Waals surface area contributed by atoms with Crippen molar-refractivity contribution in [1.29, 1.82) is 0 Å². The summed E-state index contributed by atoms with van der Waals surface area (Å²) in [5, 5.41) is 4.12. The van der Waals surface area contributed by atoms with Gasteiger partial charge in [0.05, 0.1) is 5.25 Å². The Morgan fingerprint density at radius 1 is 1.33 bits per heavy atom. The predicted octanol–water partition coefficient (Wildman–Crippen LogP) is 5.80. The van der Waals surface area contributed by atoms with Crippen molar-refractivity contribution in [3.05, 3.63) is 60.0 Å². The fourth-order valence-corrected chi connectivity index (χ4v) is 3.48. The number of fused-ring (bicyclic) bond motifs is 1. The molecule has 3 nitrogen and oxygen atoms in total. The maximum Gasteiger partial charge on any atom is 0.283 e. The molecule has 0 bridgehead atoms. The number of hydrogen-bond donors (Lipinski definition) is 2. The topological polar surface area (TPSA) is 44.9 Å². The minimum absolute atomic E-state index is 0.00115. The fraction of sp³-hybridized carbons (Fsp3) is 0.350. The number of hydrogen-bond acceptors (Lipinski definition) is 2. The molecule has 2 aromatic rings. The Labute approximate surface area is 148 Å². The summed E-state index contributed by atoms with van der Waals surface area (Å²) < 4.78 is 0. The highest BCUT2D eigenvalue weighted by molar-refractivity contribution is 8.14. The van der Waals surface area contributed by atoms with E-state index in [2.05, 4.69) is 61.9 Å². The van der Waals surface area contributed by atoms with E-state index in [0.717, 1.165) is 17.6 Å². The van der Waals surface area contributed by atoms with Crippen LogP contribution in [0.15, 0.2) is 54.4 Å². The van der Waals surface area contributed by atoms with Crippen LogP contribution in [-0.2, 0) is 6.42 Å². The SMILES string of the molecule is C=C1NC(=O)SC1Cc1cccc2[nH]ccc12.CCCC=C(C)C. The number of allylic oxidation sites excluding steroid dienone is 2. The Morgan fingerprint density at radius 2 is 2.12 bits per heavy atom. The molecule has 1 amide bonds. The Balaban J connectivity index is 0.000000256. The van der Waals surface area contributed by atoms with E-state index in [1.54, 1.807) is 0 Å². The number of carbonyl (C=O) groups excluding carboxylic acids is 1. The first-order chi connectivity index (χ1) is 11.5. The largest absolute Gasteiger partial charge is 0.361 e. The molecule has 0 radical (unpaired) electrons. The quantitative estimate of drug-likeness (QED) is 0.689. The molecule has 24 heavy (non-hydrogen) atoms. The van der Waals surface area contributed by atoms with E-state index in [1.165, 1.54) is 41.1 Å². The second-order valence-electron chi connectivity index (χ2n) is 6.17. The molecule has 128 valence electrons. The lowest BCUT2D eigenvalue weighted by molar-refractivity contribution is 0.263. The lowest BCUT2D eigenvalue weighted by Crippen LogP contribution is -2.13. The van der Waals surface area contributed by atoms with Crippen LogP contribution in [0.1, 0.15) is 39.2 Å². The highest BCUT2D eigenvalue weighted by Gasteiger charge is 2.26. The van der Waals surface area contributed by atoms with Crippen molar-refractivity contribution in [2.45, 2.75) is 45.3 Å². The van der Waals surface area contributed by atoms with Crippen LogP contribution in [0.4, 0.5) is 4.79 Å². The van der Waals surface area contributed by atoms with Crippen molar-refractivity contribution in [1.82, 2.24) is 10.3 Å². The zero-order chi connectivity index (χ0) is 17.5. The van der Waals surface area contributed by atoms with Gasteiger partial charge < -0.3 is 10.3 Å². The summed E-state index contributed by atoms with van der Waals surface area (Å²) in [7, 11) is 0. The molecule has 2 heterocycles. The lowest BCUT2D eigenvalue weighted by Gasteiger charge is -2.09. The zero-order valence-corrected chi connectivity index (χ0v) is 15.5. The first-order valence-corrected chi connectivity index (χ1v) is 9.24. The molecule has 2 N–H and O–H groups in total. The first kappa shape index (κ1) is 18.4. The van der Waals surface area contributed by atoms with E-state index >= 15 is 0 Å². The molecule has 1 atom stereocenters. The maximum absolute atomic E-state index is 11.3. The molecule has 3 rings (SSSR count). The number of amides is 1. The summed E-state index contributed by atoms with van der Waals surface area (Å²) in [6.07, 6.45) is 7.54. The van der Waals surface area contributed by atoms with E-state index < -0.39 is 0 Å². The minimum Gasteiger partial charge on any atom is -0.361 e. The first-order valence-electron chi connectivity index (χ1n) is 8.36. The smallest absolute Gasteiger partial charge is 0.283 e. The number of H-pyrrole nitrogens is 1. The molecular formula is C20H26N2OS. The Kier molecular flexibility index (Phi) is 6.73. The van der Waals surface area contributed by atoms with Gasteiger partial charge in [0.15, 0.2) is 0 Å². The number of unbranched alkanes of at least 4 members (excludes halogenated alkanes) is 1. The molecule has 4 heteroatoms. The van der Waals surface area contributed by atoms with Gasteiger partial charge in [-0.05, 0) is 44.4 Å². The van der Waals surface area contributed by atoms with Crippen LogP contribution < -0.4 is 5.32 Å². The van der Waals surface area contributed by atoms with Crippen molar-refractivity contribution in [3.63, 3.8) is 0 Å². The van der Waals surface area contributed by atoms with Gasteiger partial charge >= 0.3 is 0 Å². The van der Waals surface area contributed by atoms with Gasteiger partial charge in [0, 0.05) is 22.8 Å². The Bertz CT molecular complexity index is 741. The molecule has 1 saturated heterocycles. The summed E-state index contributed by atoms with van der Waals surface area (Å²) in [5.74, 6) is 0. The molecule has 1 aromatic heterocycles. The third kappa shape index (κ3) is 5.03. The van der Waals surface area contributed by atoms with Crippen LogP contribution in [0.3, 0.4) is 0 Å². The number of nitrogens with one attached hydrogen (secondary N) is 2. The lowest BCUT2D eigenvalue weighted by atomic mass is 10.0. The molecule has 1 aliphatic rings. The normalized spacial score (nSPS) is 16.5. The van der Waals surface area contributed by atoms with Gasteiger partial charge in [0.25, 0.3) is 5.24 Å². The summed E-state index contributed by atoms with van der Waals surface area (Å²) in [5.41, 5.74) is 4.63. The summed E-state index contributed by atoms with van der Waals surface area (Å²) in [6, 6.07) is 8.26. The van der Waals surface area contributed by atoms with Crippen molar-refractivity contribution >= 4 is 27.9 Å². The van der Waals surface area contributed by atoms with Gasteiger partial charge in [-0.2, -0.15) is 0 Å². The molecule has 1 unspecified atom stereocenters. The minimum atomic E-state index is 0.00115. The average molecular weight is 343 g/mol. The van der Waals surface area contributed by atoms with Crippen molar-refractivity contribution < 1.29 is 4.79 Å². The van der Waals surface area contributed by atoms with E-state index in [0.29, 0.717) is 0 Å². The number of benzene rings is 1. The average Bonchev–Trinajstić information content (AvgIpc) is 3.13. The van der Waals surface area contributed by atoms with Gasteiger partial charge in [-0.3, -0.25) is 4.79 Å². The van der Waals surface area contributed by atoms with Gasteiger partial charge in [-0.15, -0.1) is 0 Å². The van der Waals surface area contributed by atoms with Crippen molar-refractivity contribution in [2.24, 2.45) is 0 Å². The number of aromatic nitrogens is 1. The Hall–Kier alpha value is -1.94. The van der Waals surface area contributed by atoms with Crippen LogP contribution in [-0.4, -0.2) is 15.5 Å². The molecule has 1 fully saturated rings. The maximum atomic E-state index is 11.3. The van der Waals surface area contributed by atoms with E-state index in [1.807, 2.05) is 12.3 Å². The highest BCUT2D eigenvalue weighted by atomic mass is 32.2. The number of rotatable bonds is 4. The molecular weight excluding hydrogens is 316 g/mol. The van der Waals surface area contributed by atoms with Crippen molar-refractivity contribution in [2.75, 3.05) is 0 Å².